The third-order valence-corrected chi connectivity index (χ3v) is 3.47. The largest absolute Gasteiger partial charge is 0.454 e. The lowest BCUT2D eigenvalue weighted by molar-refractivity contribution is -0.147. The normalized spacial score (nSPS) is 11.4. The molecule has 0 aromatic heterocycles. The molecule has 1 aromatic carbocycles. The first-order valence-electron chi connectivity index (χ1n) is 8.47. The van der Waals surface area contributed by atoms with E-state index in [0.717, 1.165) is 5.56 Å². The van der Waals surface area contributed by atoms with Gasteiger partial charge in [-0.3, -0.25) is 19.7 Å². The number of urea groups is 1. The lowest BCUT2D eigenvalue weighted by Gasteiger charge is -2.19. The zero-order chi connectivity index (χ0) is 22.2. The van der Waals surface area contributed by atoms with Crippen LogP contribution in [0.1, 0.15) is 36.7 Å². The van der Waals surface area contributed by atoms with E-state index in [2.05, 4.69) is 10.1 Å². The highest BCUT2D eigenvalue weighted by atomic mass is 19.4. The average Bonchev–Trinajstić information content (AvgIpc) is 2.61. The van der Waals surface area contributed by atoms with E-state index in [-0.39, 0.29) is 5.41 Å². The number of hydrogen-bond donors (Lipinski definition) is 3. The maximum Gasteiger partial charge on any atom is 0.405 e. The summed E-state index contributed by atoms with van der Waals surface area (Å²) >= 11 is 0. The summed E-state index contributed by atoms with van der Waals surface area (Å²) in [6.45, 7) is 3.02. The summed E-state index contributed by atoms with van der Waals surface area (Å²) in [4.78, 5) is 45.9. The van der Waals surface area contributed by atoms with Crippen molar-refractivity contribution in [2.24, 2.45) is 0 Å². The highest BCUT2D eigenvalue weighted by molar-refractivity contribution is 5.97. The Bertz CT molecular complexity index is 755. The van der Waals surface area contributed by atoms with E-state index in [1.807, 2.05) is 20.8 Å². The molecule has 0 fully saturated rings. The summed E-state index contributed by atoms with van der Waals surface area (Å²) in [6, 6.07) is 5.42. The van der Waals surface area contributed by atoms with Gasteiger partial charge in [-0.05, 0) is 23.1 Å². The number of ether oxygens (including phenoxy) is 1. The van der Waals surface area contributed by atoms with Crippen LogP contribution in [0.5, 0.6) is 0 Å². The van der Waals surface area contributed by atoms with E-state index in [1.54, 1.807) is 29.6 Å². The number of benzene rings is 1. The Morgan fingerprint density at radius 3 is 2.07 bits per heavy atom. The maximum atomic E-state index is 12.0. The quantitative estimate of drug-likeness (QED) is 0.609. The molecule has 8 nitrogen and oxygen atoms in total. The monoisotopic (exact) mass is 417 g/mol. The van der Waals surface area contributed by atoms with Gasteiger partial charge >= 0.3 is 18.2 Å². The number of carbonyl (C=O) groups is 4. The molecule has 0 aliphatic heterocycles. The van der Waals surface area contributed by atoms with Crippen molar-refractivity contribution < 1.29 is 37.1 Å². The van der Waals surface area contributed by atoms with Gasteiger partial charge in [0.1, 0.15) is 13.1 Å². The Balaban J connectivity index is 2.35. The number of alkyl halides is 3. The number of nitrogens with one attached hydrogen (secondary N) is 3. The van der Waals surface area contributed by atoms with Crippen molar-refractivity contribution in [2.45, 2.75) is 32.4 Å². The number of rotatable bonds is 6. The molecule has 1 rings (SSSR count). The molecule has 4 amide bonds. The second kappa shape index (κ2) is 9.89. The fraction of sp³-hybridized carbons (Fsp3) is 0.444. The summed E-state index contributed by atoms with van der Waals surface area (Å²) in [6.07, 6.45) is -4.63. The van der Waals surface area contributed by atoms with Gasteiger partial charge in [0, 0.05) is 5.56 Å². The highest BCUT2D eigenvalue weighted by Gasteiger charge is 2.28. The number of esters is 1. The maximum absolute atomic E-state index is 12.0. The van der Waals surface area contributed by atoms with Gasteiger partial charge in [-0.15, -0.1) is 0 Å². The van der Waals surface area contributed by atoms with Gasteiger partial charge in [0.25, 0.3) is 11.8 Å². The third-order valence-electron chi connectivity index (χ3n) is 3.47. The molecule has 0 heterocycles. The van der Waals surface area contributed by atoms with Gasteiger partial charge in [0.15, 0.2) is 6.61 Å². The van der Waals surface area contributed by atoms with Crippen molar-refractivity contribution in [2.75, 3.05) is 19.7 Å². The average molecular weight is 417 g/mol. The van der Waals surface area contributed by atoms with Crippen LogP contribution in [0.3, 0.4) is 0 Å². The molecule has 0 bridgehead atoms. The minimum atomic E-state index is -4.63. The Labute approximate surface area is 165 Å². The predicted octanol–water partition coefficient (Wildman–Crippen LogP) is 1.65. The number of hydrogen-bond acceptors (Lipinski definition) is 5. The molecule has 29 heavy (non-hydrogen) atoms. The van der Waals surface area contributed by atoms with E-state index in [9.17, 15) is 32.3 Å². The van der Waals surface area contributed by atoms with Crippen molar-refractivity contribution in [3.05, 3.63) is 35.4 Å². The van der Waals surface area contributed by atoms with Gasteiger partial charge in [-0.1, -0.05) is 32.9 Å². The Hall–Kier alpha value is -3.11. The fourth-order valence-electron chi connectivity index (χ4n) is 1.96. The molecule has 11 heteroatoms. The van der Waals surface area contributed by atoms with Crippen molar-refractivity contribution in [3.63, 3.8) is 0 Å². The zero-order valence-electron chi connectivity index (χ0n) is 16.1. The van der Waals surface area contributed by atoms with Crippen LogP contribution in [0.15, 0.2) is 24.3 Å². The number of halogens is 3. The number of amides is 4. The molecular formula is C18H22F3N3O5. The highest BCUT2D eigenvalue weighted by Crippen LogP contribution is 2.22. The van der Waals surface area contributed by atoms with Gasteiger partial charge in [0.2, 0.25) is 0 Å². The Morgan fingerprint density at radius 2 is 1.55 bits per heavy atom. The molecule has 3 N–H and O–H groups in total. The second-order valence-corrected chi connectivity index (χ2v) is 7.02. The summed E-state index contributed by atoms with van der Waals surface area (Å²) < 4.78 is 40.3. The van der Waals surface area contributed by atoms with E-state index >= 15 is 0 Å². The van der Waals surface area contributed by atoms with Crippen LogP contribution in [-0.4, -0.2) is 49.7 Å². The minimum absolute atomic E-state index is 0.0803. The predicted molar refractivity (Wildman–Crippen MR) is 96.0 cm³/mol. The van der Waals surface area contributed by atoms with Crippen molar-refractivity contribution in [3.8, 4) is 0 Å². The SMILES string of the molecule is CC(C)(C)c1ccc(C(=O)NCC(=O)OCC(=O)NC(=O)NCC(F)(F)F)cc1. The van der Waals surface area contributed by atoms with Crippen LogP contribution in [-0.2, 0) is 19.7 Å². The number of imide groups is 1. The van der Waals surface area contributed by atoms with Crippen LogP contribution >= 0.6 is 0 Å². The van der Waals surface area contributed by atoms with Crippen LogP contribution < -0.4 is 16.0 Å². The first-order valence-corrected chi connectivity index (χ1v) is 8.47. The molecule has 0 aliphatic carbocycles. The Kier molecular flexibility index (Phi) is 8.16. The first-order chi connectivity index (χ1) is 13.3. The molecule has 0 unspecified atom stereocenters. The summed E-state index contributed by atoms with van der Waals surface area (Å²) in [5, 5.41) is 5.29. The molecule has 160 valence electrons. The van der Waals surface area contributed by atoms with Gasteiger partial charge in [-0.2, -0.15) is 13.2 Å². The summed E-state index contributed by atoms with van der Waals surface area (Å²) in [5.41, 5.74) is 1.27. The van der Waals surface area contributed by atoms with Gasteiger partial charge < -0.3 is 15.4 Å². The standard InChI is InChI=1S/C18H22F3N3O5/c1-17(2,3)12-6-4-11(5-7-12)15(27)22-8-14(26)29-9-13(25)24-16(28)23-10-18(19,20)21/h4-7H,8-10H2,1-3H3,(H,22,27)(H2,23,24,25,28). The Morgan fingerprint density at radius 1 is 0.966 bits per heavy atom. The van der Waals surface area contributed by atoms with E-state index in [4.69, 9.17) is 0 Å². The summed E-state index contributed by atoms with van der Waals surface area (Å²) in [5.74, 6) is -2.61. The molecule has 0 saturated heterocycles. The first kappa shape index (κ1) is 23.9. The fourth-order valence-corrected chi connectivity index (χ4v) is 1.96. The molecular weight excluding hydrogens is 395 g/mol. The smallest absolute Gasteiger partial charge is 0.405 e. The lowest BCUT2D eigenvalue weighted by Crippen LogP contribution is -2.44. The molecule has 1 aromatic rings. The van der Waals surface area contributed by atoms with Crippen LogP contribution in [0.4, 0.5) is 18.0 Å². The second-order valence-electron chi connectivity index (χ2n) is 7.02. The topological polar surface area (TPSA) is 114 Å². The lowest BCUT2D eigenvalue weighted by atomic mass is 9.87. The van der Waals surface area contributed by atoms with Crippen molar-refractivity contribution in [1.29, 1.82) is 0 Å². The van der Waals surface area contributed by atoms with Crippen molar-refractivity contribution in [1.82, 2.24) is 16.0 Å². The van der Waals surface area contributed by atoms with Gasteiger partial charge in [-0.25, -0.2) is 4.79 Å². The van der Waals surface area contributed by atoms with E-state index < -0.39 is 49.7 Å². The van der Waals surface area contributed by atoms with E-state index in [1.165, 1.54) is 5.32 Å². The zero-order valence-corrected chi connectivity index (χ0v) is 16.1. The van der Waals surface area contributed by atoms with Crippen LogP contribution in [0.25, 0.3) is 0 Å². The molecule has 0 aliphatic rings. The minimum Gasteiger partial charge on any atom is -0.454 e. The molecule has 0 saturated carbocycles. The van der Waals surface area contributed by atoms with Crippen LogP contribution in [0.2, 0.25) is 0 Å². The van der Waals surface area contributed by atoms with Crippen LogP contribution in [0, 0.1) is 0 Å². The molecule has 0 atom stereocenters. The summed E-state index contributed by atoms with van der Waals surface area (Å²) in [7, 11) is 0. The van der Waals surface area contributed by atoms with Gasteiger partial charge in [0.05, 0.1) is 0 Å². The third kappa shape index (κ3) is 9.58. The van der Waals surface area contributed by atoms with Crippen molar-refractivity contribution >= 4 is 23.8 Å². The number of carbonyl (C=O) groups excluding carboxylic acids is 4. The molecule has 0 radical (unpaired) electrons. The van der Waals surface area contributed by atoms with E-state index in [0.29, 0.717) is 5.56 Å². The molecule has 0 spiro atoms.